The zero-order valence-electron chi connectivity index (χ0n) is 11.9. The van der Waals surface area contributed by atoms with Crippen molar-refractivity contribution in [2.75, 3.05) is 0 Å². The second-order valence-electron chi connectivity index (χ2n) is 5.77. The van der Waals surface area contributed by atoms with Crippen LogP contribution in [0.1, 0.15) is 62.3 Å². The molecule has 2 aromatic heterocycles. The summed E-state index contributed by atoms with van der Waals surface area (Å²) in [5, 5.41) is 6.97. The van der Waals surface area contributed by atoms with E-state index in [4.69, 9.17) is 10.3 Å². The number of rotatable bonds is 3. The Morgan fingerprint density at radius 1 is 1.30 bits per heavy atom. The summed E-state index contributed by atoms with van der Waals surface area (Å²) >= 11 is 1.53. The lowest BCUT2D eigenvalue weighted by molar-refractivity contribution is 0.329. The Morgan fingerprint density at radius 3 is 2.70 bits per heavy atom. The largest absolute Gasteiger partial charge is 0.332 e. The highest BCUT2D eigenvalue weighted by atomic mass is 32.1. The zero-order valence-corrected chi connectivity index (χ0v) is 12.7. The van der Waals surface area contributed by atoms with E-state index in [1.165, 1.54) is 24.2 Å². The predicted molar refractivity (Wildman–Crippen MR) is 78.4 cm³/mol. The molecule has 1 unspecified atom stereocenters. The molecule has 2 N–H and O–H groups in total. The number of nitrogens with two attached hydrogens (primary N) is 1. The molecule has 0 radical (unpaired) electrons. The molecule has 2 aromatic rings. The summed E-state index contributed by atoms with van der Waals surface area (Å²) in [7, 11) is 0. The molecule has 0 aromatic carbocycles. The third kappa shape index (κ3) is 2.76. The molecule has 1 saturated carbocycles. The highest BCUT2D eigenvalue weighted by Crippen LogP contribution is 2.35. The molecule has 0 spiro atoms. The first-order valence-corrected chi connectivity index (χ1v) is 8.06. The molecule has 3 rings (SSSR count). The Bertz CT molecular complexity index is 569. The fourth-order valence-electron chi connectivity index (χ4n) is 2.62. The zero-order chi connectivity index (χ0) is 14.1. The second kappa shape index (κ2) is 5.61. The van der Waals surface area contributed by atoms with Crippen molar-refractivity contribution in [3.63, 3.8) is 0 Å². The molecule has 0 aliphatic heterocycles. The number of nitrogens with zero attached hydrogens (tertiary/aromatic N) is 3. The fourth-order valence-corrected chi connectivity index (χ4v) is 3.37. The normalized spacial score (nSPS) is 24.8. The standard InChI is InChI=1S/C14H20N4OS/c1-8-3-5-10(6-4-8)12-17-13(19-18-12)11-7-20-14(16-11)9(2)15/h7-10H,3-6,15H2,1-2H3. The fraction of sp³-hybridized carbons (Fsp3) is 0.643. The van der Waals surface area contributed by atoms with E-state index in [0.29, 0.717) is 11.8 Å². The number of aromatic nitrogens is 3. The lowest BCUT2D eigenvalue weighted by Crippen LogP contribution is -2.11. The van der Waals surface area contributed by atoms with Gasteiger partial charge in [0.15, 0.2) is 5.82 Å². The van der Waals surface area contributed by atoms with Crippen LogP contribution >= 0.6 is 11.3 Å². The predicted octanol–water partition coefficient (Wildman–Crippen LogP) is 3.51. The van der Waals surface area contributed by atoms with E-state index in [0.717, 1.165) is 35.3 Å². The van der Waals surface area contributed by atoms with Gasteiger partial charge in [0.2, 0.25) is 0 Å². The van der Waals surface area contributed by atoms with Crippen LogP contribution in [0.15, 0.2) is 9.90 Å². The topological polar surface area (TPSA) is 77.8 Å². The molecule has 0 amide bonds. The van der Waals surface area contributed by atoms with E-state index < -0.39 is 0 Å². The molecular weight excluding hydrogens is 272 g/mol. The Balaban J connectivity index is 1.75. The average Bonchev–Trinajstić information content (AvgIpc) is 3.08. The van der Waals surface area contributed by atoms with Gasteiger partial charge in [0.05, 0.1) is 6.04 Å². The van der Waals surface area contributed by atoms with Gasteiger partial charge in [-0.25, -0.2) is 4.98 Å². The van der Waals surface area contributed by atoms with Crippen LogP contribution in [-0.2, 0) is 0 Å². The molecule has 1 aliphatic carbocycles. The van der Waals surface area contributed by atoms with E-state index in [2.05, 4.69) is 22.0 Å². The summed E-state index contributed by atoms with van der Waals surface area (Å²) in [5.74, 6) is 2.61. The van der Waals surface area contributed by atoms with Crippen LogP contribution in [0.4, 0.5) is 0 Å². The maximum atomic E-state index is 5.82. The van der Waals surface area contributed by atoms with Crippen molar-refractivity contribution >= 4 is 11.3 Å². The van der Waals surface area contributed by atoms with Crippen molar-refractivity contribution in [1.29, 1.82) is 0 Å². The Morgan fingerprint density at radius 2 is 2.05 bits per heavy atom. The van der Waals surface area contributed by atoms with Crippen LogP contribution in [-0.4, -0.2) is 15.1 Å². The van der Waals surface area contributed by atoms with Gasteiger partial charge in [-0.3, -0.25) is 0 Å². The second-order valence-corrected chi connectivity index (χ2v) is 6.66. The van der Waals surface area contributed by atoms with Crippen LogP contribution in [0.2, 0.25) is 0 Å². The molecule has 5 nitrogen and oxygen atoms in total. The molecule has 108 valence electrons. The van der Waals surface area contributed by atoms with Crippen LogP contribution in [0, 0.1) is 5.92 Å². The van der Waals surface area contributed by atoms with Gasteiger partial charge in [-0.2, -0.15) is 4.98 Å². The summed E-state index contributed by atoms with van der Waals surface area (Å²) in [5.41, 5.74) is 6.56. The lowest BCUT2D eigenvalue weighted by atomic mass is 9.83. The first kappa shape index (κ1) is 13.7. The van der Waals surface area contributed by atoms with Crippen molar-refractivity contribution in [1.82, 2.24) is 15.1 Å². The van der Waals surface area contributed by atoms with E-state index >= 15 is 0 Å². The maximum absolute atomic E-state index is 5.82. The SMILES string of the molecule is CC1CCC(c2noc(-c3csc(C(C)N)n3)n2)CC1. The lowest BCUT2D eigenvalue weighted by Gasteiger charge is -2.23. The molecule has 0 bridgehead atoms. The first-order valence-electron chi connectivity index (χ1n) is 7.18. The molecule has 6 heteroatoms. The third-order valence-corrected chi connectivity index (χ3v) is 5.00. The quantitative estimate of drug-likeness (QED) is 0.936. The Kier molecular flexibility index (Phi) is 3.85. The van der Waals surface area contributed by atoms with E-state index in [1.54, 1.807) is 0 Å². The van der Waals surface area contributed by atoms with Gasteiger partial charge in [-0.15, -0.1) is 11.3 Å². The van der Waals surface area contributed by atoms with Gasteiger partial charge < -0.3 is 10.3 Å². The Hall–Kier alpha value is -1.27. The van der Waals surface area contributed by atoms with Crippen LogP contribution in [0.5, 0.6) is 0 Å². The average molecular weight is 292 g/mol. The molecule has 0 saturated heterocycles. The highest BCUT2D eigenvalue weighted by molar-refractivity contribution is 7.10. The van der Waals surface area contributed by atoms with Gasteiger partial charge in [-0.1, -0.05) is 24.9 Å². The van der Waals surface area contributed by atoms with E-state index in [9.17, 15) is 0 Å². The van der Waals surface area contributed by atoms with Gasteiger partial charge in [0.25, 0.3) is 5.89 Å². The van der Waals surface area contributed by atoms with Crippen molar-refractivity contribution in [3.8, 4) is 11.6 Å². The highest BCUT2D eigenvalue weighted by Gasteiger charge is 2.24. The monoisotopic (exact) mass is 292 g/mol. The molecule has 2 heterocycles. The maximum Gasteiger partial charge on any atom is 0.277 e. The molecule has 20 heavy (non-hydrogen) atoms. The first-order chi connectivity index (χ1) is 9.63. The van der Waals surface area contributed by atoms with Gasteiger partial charge in [0.1, 0.15) is 10.7 Å². The van der Waals surface area contributed by atoms with Gasteiger partial charge in [0, 0.05) is 11.3 Å². The molecule has 1 atom stereocenters. The van der Waals surface area contributed by atoms with Crippen LogP contribution < -0.4 is 5.73 Å². The summed E-state index contributed by atoms with van der Waals surface area (Å²) < 4.78 is 5.37. The molecular formula is C14H20N4OS. The Labute approximate surface area is 122 Å². The minimum atomic E-state index is -0.0593. The van der Waals surface area contributed by atoms with Crippen LogP contribution in [0.3, 0.4) is 0 Å². The van der Waals surface area contributed by atoms with E-state index in [-0.39, 0.29) is 6.04 Å². The third-order valence-electron chi connectivity index (χ3n) is 3.95. The number of thiazole rings is 1. The van der Waals surface area contributed by atoms with Crippen molar-refractivity contribution in [2.24, 2.45) is 11.7 Å². The van der Waals surface area contributed by atoms with Crippen LogP contribution in [0.25, 0.3) is 11.6 Å². The smallest absolute Gasteiger partial charge is 0.277 e. The summed E-state index contributed by atoms with van der Waals surface area (Å²) in [6, 6.07) is -0.0593. The minimum Gasteiger partial charge on any atom is -0.332 e. The molecule has 1 aliphatic rings. The van der Waals surface area contributed by atoms with Gasteiger partial charge in [-0.05, 0) is 25.7 Å². The summed E-state index contributed by atoms with van der Waals surface area (Å²) in [6.07, 6.45) is 4.81. The summed E-state index contributed by atoms with van der Waals surface area (Å²) in [4.78, 5) is 8.98. The number of hydrogen-bond acceptors (Lipinski definition) is 6. The van der Waals surface area contributed by atoms with Crippen molar-refractivity contribution in [2.45, 2.75) is 51.5 Å². The minimum absolute atomic E-state index is 0.0593. The summed E-state index contributed by atoms with van der Waals surface area (Å²) in [6.45, 7) is 4.23. The van der Waals surface area contributed by atoms with Crippen molar-refractivity contribution < 1.29 is 4.52 Å². The molecule has 1 fully saturated rings. The van der Waals surface area contributed by atoms with Gasteiger partial charge >= 0.3 is 0 Å². The number of hydrogen-bond donors (Lipinski definition) is 1. The van der Waals surface area contributed by atoms with Crippen molar-refractivity contribution in [3.05, 3.63) is 16.2 Å². The van der Waals surface area contributed by atoms with E-state index in [1.807, 2.05) is 12.3 Å².